The van der Waals surface area contributed by atoms with Crippen LogP contribution in [-0.2, 0) is 6.54 Å². The summed E-state index contributed by atoms with van der Waals surface area (Å²) < 4.78 is 16.3. The lowest BCUT2D eigenvalue weighted by molar-refractivity contribution is 0.221. The van der Waals surface area contributed by atoms with Crippen molar-refractivity contribution in [3.05, 3.63) is 17.7 Å². The zero-order valence-corrected chi connectivity index (χ0v) is 11.9. The molecule has 0 saturated carbocycles. The van der Waals surface area contributed by atoms with Gasteiger partial charge in [0.15, 0.2) is 11.5 Å². The van der Waals surface area contributed by atoms with E-state index in [0.29, 0.717) is 30.3 Å². The second-order valence-electron chi connectivity index (χ2n) is 4.04. The van der Waals surface area contributed by atoms with Crippen LogP contribution < -0.4 is 19.5 Å². The summed E-state index contributed by atoms with van der Waals surface area (Å²) in [6.07, 6.45) is 0.575. The average Bonchev–Trinajstić information content (AvgIpc) is 2.45. The molecule has 0 fully saturated rings. The third-order valence-corrected chi connectivity index (χ3v) is 2.65. The summed E-state index contributed by atoms with van der Waals surface area (Å²) in [6.45, 7) is 4.24. The van der Waals surface area contributed by atoms with Crippen LogP contribution in [0, 0.1) is 0 Å². The monoisotopic (exact) mass is 269 g/mol. The van der Waals surface area contributed by atoms with Gasteiger partial charge in [-0.3, -0.25) is 0 Å². The Morgan fingerprint density at radius 2 is 1.79 bits per heavy atom. The number of aliphatic hydroxyl groups excluding tert-OH is 1. The zero-order valence-electron chi connectivity index (χ0n) is 11.9. The highest BCUT2D eigenvalue weighted by molar-refractivity contribution is 5.53. The Labute approximate surface area is 114 Å². The van der Waals surface area contributed by atoms with Gasteiger partial charge < -0.3 is 24.6 Å². The van der Waals surface area contributed by atoms with E-state index in [9.17, 15) is 0 Å². The third kappa shape index (κ3) is 4.61. The first kappa shape index (κ1) is 15.6. The molecule has 0 radical (unpaired) electrons. The molecule has 108 valence electrons. The van der Waals surface area contributed by atoms with Crippen molar-refractivity contribution in [3.63, 3.8) is 0 Å². The van der Waals surface area contributed by atoms with Crippen LogP contribution in [0.5, 0.6) is 17.2 Å². The Morgan fingerprint density at radius 1 is 1.16 bits per heavy atom. The smallest absolute Gasteiger partial charge is 0.203 e. The molecule has 1 aromatic rings. The van der Waals surface area contributed by atoms with E-state index in [-0.39, 0.29) is 6.61 Å². The van der Waals surface area contributed by atoms with Gasteiger partial charge in [-0.15, -0.1) is 0 Å². The molecule has 0 saturated heterocycles. The Balaban J connectivity index is 2.93. The van der Waals surface area contributed by atoms with Crippen LogP contribution in [0.15, 0.2) is 12.1 Å². The molecule has 0 aromatic heterocycles. The average molecular weight is 269 g/mol. The summed E-state index contributed by atoms with van der Waals surface area (Å²) in [7, 11) is 3.20. The number of rotatable bonds is 9. The molecule has 0 heterocycles. The molecule has 0 amide bonds. The molecule has 5 heteroatoms. The van der Waals surface area contributed by atoms with Gasteiger partial charge in [-0.1, -0.05) is 6.92 Å². The molecule has 0 aliphatic carbocycles. The highest BCUT2D eigenvalue weighted by Crippen LogP contribution is 2.38. The highest BCUT2D eigenvalue weighted by atomic mass is 16.5. The Kier molecular flexibility index (Phi) is 7.07. The molecule has 0 bridgehead atoms. The fourth-order valence-corrected chi connectivity index (χ4v) is 1.69. The number of nitrogens with one attached hydrogen (secondary N) is 1. The van der Waals surface area contributed by atoms with Gasteiger partial charge in [0, 0.05) is 19.6 Å². The van der Waals surface area contributed by atoms with E-state index >= 15 is 0 Å². The van der Waals surface area contributed by atoms with Gasteiger partial charge in [-0.25, -0.2) is 0 Å². The van der Waals surface area contributed by atoms with Crippen LogP contribution in [0.25, 0.3) is 0 Å². The van der Waals surface area contributed by atoms with Crippen molar-refractivity contribution >= 4 is 0 Å². The van der Waals surface area contributed by atoms with Crippen molar-refractivity contribution in [2.75, 3.05) is 34.0 Å². The molecule has 1 aromatic carbocycles. The maximum Gasteiger partial charge on any atom is 0.203 e. The zero-order chi connectivity index (χ0) is 14.1. The molecule has 0 atom stereocenters. The van der Waals surface area contributed by atoms with E-state index in [4.69, 9.17) is 19.3 Å². The number of methoxy groups -OCH3 is 2. The lowest BCUT2D eigenvalue weighted by Gasteiger charge is -2.16. The molecule has 0 spiro atoms. The van der Waals surface area contributed by atoms with Gasteiger partial charge in [0.05, 0.1) is 20.8 Å². The van der Waals surface area contributed by atoms with Crippen LogP contribution in [0.4, 0.5) is 0 Å². The number of ether oxygens (including phenoxy) is 3. The largest absolute Gasteiger partial charge is 0.493 e. The van der Waals surface area contributed by atoms with Gasteiger partial charge >= 0.3 is 0 Å². The Hall–Kier alpha value is -1.46. The number of aliphatic hydroxyl groups is 1. The molecule has 0 aliphatic rings. The van der Waals surface area contributed by atoms with E-state index in [0.717, 1.165) is 18.7 Å². The predicted molar refractivity (Wildman–Crippen MR) is 74.1 cm³/mol. The van der Waals surface area contributed by atoms with Crippen LogP contribution in [0.2, 0.25) is 0 Å². The second-order valence-corrected chi connectivity index (χ2v) is 4.04. The van der Waals surface area contributed by atoms with Gasteiger partial charge in [0.1, 0.15) is 0 Å². The predicted octanol–water partition coefficient (Wildman–Crippen LogP) is 1.57. The summed E-state index contributed by atoms with van der Waals surface area (Å²) in [5.41, 5.74) is 1.07. The molecular weight excluding hydrogens is 246 g/mol. The maximum atomic E-state index is 8.79. The maximum absolute atomic E-state index is 8.79. The minimum Gasteiger partial charge on any atom is -0.493 e. The minimum atomic E-state index is 0.100. The van der Waals surface area contributed by atoms with Crippen LogP contribution in [-0.4, -0.2) is 39.1 Å². The van der Waals surface area contributed by atoms with Gasteiger partial charge in [-0.2, -0.15) is 0 Å². The quantitative estimate of drug-likeness (QED) is 0.666. The van der Waals surface area contributed by atoms with E-state index in [1.807, 2.05) is 12.1 Å². The summed E-state index contributed by atoms with van der Waals surface area (Å²) in [6, 6.07) is 3.86. The van der Waals surface area contributed by atoms with Crippen molar-refractivity contribution < 1.29 is 19.3 Å². The van der Waals surface area contributed by atoms with Crippen molar-refractivity contribution in [3.8, 4) is 17.2 Å². The molecular formula is C14H23NO4. The van der Waals surface area contributed by atoms with Crippen molar-refractivity contribution in [1.82, 2.24) is 5.32 Å². The normalized spacial score (nSPS) is 10.3. The fourth-order valence-electron chi connectivity index (χ4n) is 1.69. The topological polar surface area (TPSA) is 60.0 Å². The van der Waals surface area contributed by atoms with Crippen LogP contribution in [0.3, 0.4) is 0 Å². The Morgan fingerprint density at radius 3 is 2.26 bits per heavy atom. The van der Waals surface area contributed by atoms with E-state index in [1.54, 1.807) is 14.2 Å². The van der Waals surface area contributed by atoms with Crippen molar-refractivity contribution in [1.29, 1.82) is 0 Å². The lowest BCUT2D eigenvalue weighted by atomic mass is 10.1. The van der Waals surface area contributed by atoms with Crippen molar-refractivity contribution in [2.24, 2.45) is 0 Å². The molecule has 0 unspecified atom stereocenters. The second kappa shape index (κ2) is 8.61. The standard InChI is InChI=1S/C14H23NO4/c1-4-15-10-11-8-12(17-2)14(13(9-11)18-3)19-7-5-6-16/h8-9,15-16H,4-7,10H2,1-3H3. The number of hydrogen-bond donors (Lipinski definition) is 2. The van der Waals surface area contributed by atoms with Gasteiger partial charge in [0.2, 0.25) is 5.75 Å². The summed E-state index contributed by atoms with van der Waals surface area (Å²) in [5.74, 6) is 1.87. The molecule has 1 rings (SSSR count). The van der Waals surface area contributed by atoms with E-state index in [2.05, 4.69) is 12.2 Å². The summed E-state index contributed by atoms with van der Waals surface area (Å²) in [5, 5.41) is 12.0. The molecule has 5 nitrogen and oxygen atoms in total. The first-order valence-electron chi connectivity index (χ1n) is 6.46. The first-order valence-corrected chi connectivity index (χ1v) is 6.46. The molecule has 19 heavy (non-hydrogen) atoms. The minimum absolute atomic E-state index is 0.100. The summed E-state index contributed by atoms with van der Waals surface area (Å²) >= 11 is 0. The number of benzene rings is 1. The SMILES string of the molecule is CCNCc1cc(OC)c(OCCCO)c(OC)c1. The van der Waals surface area contributed by atoms with Gasteiger partial charge in [-0.05, 0) is 24.2 Å². The van der Waals surface area contributed by atoms with Gasteiger partial charge in [0.25, 0.3) is 0 Å². The van der Waals surface area contributed by atoms with E-state index < -0.39 is 0 Å². The molecule has 2 N–H and O–H groups in total. The van der Waals surface area contributed by atoms with Crippen molar-refractivity contribution in [2.45, 2.75) is 19.9 Å². The van der Waals surface area contributed by atoms with Crippen LogP contribution in [0.1, 0.15) is 18.9 Å². The lowest BCUT2D eigenvalue weighted by Crippen LogP contribution is -2.12. The molecule has 0 aliphatic heterocycles. The first-order chi connectivity index (χ1) is 9.26. The van der Waals surface area contributed by atoms with Crippen LogP contribution >= 0.6 is 0 Å². The van der Waals surface area contributed by atoms with E-state index in [1.165, 1.54) is 0 Å². The number of hydrogen-bond acceptors (Lipinski definition) is 5. The Bertz CT molecular complexity index is 357. The fraction of sp³-hybridized carbons (Fsp3) is 0.571. The third-order valence-electron chi connectivity index (χ3n) is 2.65. The summed E-state index contributed by atoms with van der Waals surface area (Å²) in [4.78, 5) is 0. The highest BCUT2D eigenvalue weighted by Gasteiger charge is 2.13.